The van der Waals surface area contributed by atoms with Crippen LogP contribution in [0.1, 0.15) is 10.5 Å². The van der Waals surface area contributed by atoms with Crippen molar-refractivity contribution < 1.29 is 27.1 Å². The van der Waals surface area contributed by atoms with Gasteiger partial charge in [0.2, 0.25) is 10.0 Å². The van der Waals surface area contributed by atoms with Crippen molar-refractivity contribution in [2.75, 3.05) is 26.3 Å². The van der Waals surface area contributed by atoms with Gasteiger partial charge in [-0.05, 0) is 42.5 Å². The van der Waals surface area contributed by atoms with Crippen LogP contribution in [0.4, 0.5) is 4.39 Å². The maximum absolute atomic E-state index is 14.4. The van der Waals surface area contributed by atoms with Crippen molar-refractivity contribution in [2.45, 2.75) is 11.0 Å². The van der Waals surface area contributed by atoms with E-state index in [2.05, 4.69) is 9.97 Å². The molecule has 0 spiro atoms. The lowest BCUT2D eigenvalue weighted by molar-refractivity contribution is -0.0249. The van der Waals surface area contributed by atoms with Crippen molar-refractivity contribution in [3.8, 4) is 16.9 Å². The molecule has 5 rings (SSSR count). The summed E-state index contributed by atoms with van der Waals surface area (Å²) >= 11 is 6.10. The first kappa shape index (κ1) is 25.2. The van der Waals surface area contributed by atoms with Crippen LogP contribution in [0, 0.1) is 5.82 Å². The first-order chi connectivity index (χ1) is 17.7. The van der Waals surface area contributed by atoms with Crippen LogP contribution in [0.25, 0.3) is 22.0 Å². The highest BCUT2D eigenvalue weighted by molar-refractivity contribution is 7.89. The van der Waals surface area contributed by atoms with Gasteiger partial charge in [0.15, 0.2) is 0 Å². The molecular formula is C25H22ClFN4O5S. The van der Waals surface area contributed by atoms with Crippen molar-refractivity contribution in [3.05, 3.63) is 77.5 Å². The summed E-state index contributed by atoms with van der Waals surface area (Å²) in [5.74, 6) is -0.929. The van der Waals surface area contributed by atoms with E-state index in [0.717, 1.165) is 0 Å². The predicted octanol–water partition coefficient (Wildman–Crippen LogP) is 3.59. The summed E-state index contributed by atoms with van der Waals surface area (Å²) in [6.45, 7) is 0.190. The minimum atomic E-state index is -4.15. The number of hydrogen-bond donors (Lipinski definition) is 2. The first-order valence-corrected chi connectivity index (χ1v) is 13.1. The summed E-state index contributed by atoms with van der Waals surface area (Å²) < 4.78 is 54.5. The maximum Gasteiger partial charge on any atom is 0.266 e. The molecule has 2 aromatic carbocycles. The molecule has 0 radical (unpaired) electrons. The van der Waals surface area contributed by atoms with Crippen molar-refractivity contribution in [3.63, 3.8) is 0 Å². The molecule has 1 aliphatic heterocycles. The number of halogens is 2. The quantitative estimate of drug-likeness (QED) is 0.366. The molecule has 37 heavy (non-hydrogen) atoms. The zero-order chi connectivity index (χ0) is 26.2. The summed E-state index contributed by atoms with van der Waals surface area (Å²) in [5, 5.41) is 0.590. The zero-order valence-corrected chi connectivity index (χ0v) is 20.9. The highest BCUT2D eigenvalue weighted by Crippen LogP contribution is 2.32. The lowest BCUT2D eigenvalue weighted by atomic mass is 10.1. The van der Waals surface area contributed by atoms with Crippen LogP contribution >= 0.6 is 11.6 Å². The number of benzene rings is 2. The van der Waals surface area contributed by atoms with Crippen molar-refractivity contribution in [1.29, 1.82) is 0 Å². The molecule has 1 saturated heterocycles. The number of sulfonamides is 1. The van der Waals surface area contributed by atoms with E-state index in [4.69, 9.17) is 26.8 Å². The Bertz CT molecular complexity index is 1580. The smallest absolute Gasteiger partial charge is 0.266 e. The first-order valence-electron chi connectivity index (χ1n) is 11.3. The van der Waals surface area contributed by atoms with Gasteiger partial charge in [-0.15, -0.1) is 0 Å². The molecule has 9 nitrogen and oxygen atoms in total. The predicted molar refractivity (Wildman–Crippen MR) is 135 cm³/mol. The summed E-state index contributed by atoms with van der Waals surface area (Å²) in [4.78, 5) is 18.7. The number of aromatic amines is 1. The number of ether oxygens (including phenoxy) is 2. The molecule has 0 aliphatic carbocycles. The average molecular weight is 545 g/mol. The number of rotatable bonds is 7. The van der Waals surface area contributed by atoms with Gasteiger partial charge in [-0.3, -0.25) is 9.78 Å². The number of primary amides is 1. The Morgan fingerprint density at radius 2 is 2.11 bits per heavy atom. The number of amides is 1. The molecule has 1 fully saturated rings. The van der Waals surface area contributed by atoms with Crippen molar-refractivity contribution in [1.82, 2.24) is 14.3 Å². The van der Waals surface area contributed by atoms with Crippen LogP contribution in [0.3, 0.4) is 0 Å². The topological polar surface area (TPSA) is 128 Å². The molecule has 3 heterocycles. The lowest BCUT2D eigenvalue weighted by Gasteiger charge is -2.32. The van der Waals surface area contributed by atoms with Gasteiger partial charge >= 0.3 is 0 Å². The third kappa shape index (κ3) is 5.03. The van der Waals surface area contributed by atoms with Gasteiger partial charge in [-0.2, -0.15) is 4.31 Å². The van der Waals surface area contributed by atoms with Gasteiger partial charge in [-0.25, -0.2) is 12.8 Å². The molecule has 0 saturated carbocycles. The zero-order valence-electron chi connectivity index (χ0n) is 19.4. The van der Waals surface area contributed by atoms with E-state index in [1.54, 1.807) is 42.7 Å². The number of H-pyrrole nitrogens is 1. The maximum atomic E-state index is 14.4. The fraction of sp³-hybridized carbons (Fsp3) is 0.200. The number of morpholine rings is 1. The number of nitrogens with zero attached hydrogens (tertiary/aromatic N) is 2. The lowest BCUT2D eigenvalue weighted by Crippen LogP contribution is -2.47. The monoisotopic (exact) mass is 544 g/mol. The number of carbonyl (C=O) groups excluding carboxylic acids is 1. The van der Waals surface area contributed by atoms with Crippen LogP contribution in [0.5, 0.6) is 5.75 Å². The van der Waals surface area contributed by atoms with Gasteiger partial charge in [-0.1, -0.05) is 17.7 Å². The van der Waals surface area contributed by atoms with Gasteiger partial charge in [0.25, 0.3) is 5.91 Å². The number of fused-ring (bicyclic) bond motifs is 1. The highest BCUT2D eigenvalue weighted by Gasteiger charge is 2.36. The second kappa shape index (κ2) is 10.1. The number of aromatic nitrogens is 2. The van der Waals surface area contributed by atoms with Crippen LogP contribution in [-0.2, 0) is 14.8 Å². The van der Waals surface area contributed by atoms with E-state index in [1.165, 1.54) is 22.5 Å². The fourth-order valence-corrected chi connectivity index (χ4v) is 6.21. The molecule has 1 amide bonds. The highest BCUT2D eigenvalue weighted by atomic mass is 35.5. The number of hydrogen-bond acceptors (Lipinski definition) is 6. The molecule has 12 heteroatoms. The van der Waals surface area contributed by atoms with E-state index in [0.29, 0.717) is 27.4 Å². The Morgan fingerprint density at radius 1 is 1.27 bits per heavy atom. The SMILES string of the molecule is NC(=O)c1[nH]c2ccc(Cl)cc2c1S(=O)(=O)N1CCOC(COc2ccc(F)c(-c3cccnc3)c2)C1. The minimum Gasteiger partial charge on any atom is -0.491 e. The van der Waals surface area contributed by atoms with Crippen LogP contribution in [0.2, 0.25) is 5.02 Å². The molecule has 3 N–H and O–H groups in total. The second-order valence-corrected chi connectivity index (χ2v) is 10.7. The van der Waals surface area contributed by atoms with Crippen LogP contribution in [-0.4, -0.2) is 61.0 Å². The minimum absolute atomic E-state index is 0.0204. The Hall–Kier alpha value is -3.51. The van der Waals surface area contributed by atoms with E-state index < -0.39 is 27.9 Å². The fourth-order valence-electron chi connectivity index (χ4n) is 4.25. The molecule has 0 bridgehead atoms. The van der Waals surface area contributed by atoms with E-state index in [9.17, 15) is 17.6 Å². The summed E-state index contributed by atoms with van der Waals surface area (Å²) in [5.41, 5.74) is 6.62. The summed E-state index contributed by atoms with van der Waals surface area (Å²) in [7, 11) is -4.15. The molecule has 192 valence electrons. The summed E-state index contributed by atoms with van der Waals surface area (Å²) in [6, 6.07) is 12.4. The molecule has 1 atom stereocenters. The van der Waals surface area contributed by atoms with Crippen LogP contribution < -0.4 is 10.5 Å². The van der Waals surface area contributed by atoms with Gasteiger partial charge in [0.1, 0.15) is 34.9 Å². The van der Waals surface area contributed by atoms with Crippen molar-refractivity contribution >= 4 is 38.4 Å². The number of pyridine rings is 1. The number of nitrogens with one attached hydrogen (secondary N) is 1. The molecule has 4 aromatic rings. The number of nitrogens with two attached hydrogens (primary N) is 1. The van der Waals surface area contributed by atoms with Crippen LogP contribution in [0.15, 0.2) is 65.8 Å². The summed E-state index contributed by atoms with van der Waals surface area (Å²) in [6.07, 6.45) is 2.54. The van der Waals surface area contributed by atoms with E-state index in [1.807, 2.05) is 0 Å². The molecule has 1 unspecified atom stereocenters. The van der Waals surface area contributed by atoms with Gasteiger partial charge in [0, 0.05) is 52.5 Å². The Labute approximate surface area is 217 Å². The Kier molecular flexibility index (Phi) is 6.86. The van der Waals surface area contributed by atoms with Gasteiger partial charge in [0.05, 0.1) is 6.61 Å². The number of carbonyl (C=O) groups is 1. The third-order valence-corrected chi connectivity index (χ3v) is 8.19. The van der Waals surface area contributed by atoms with Crippen molar-refractivity contribution in [2.24, 2.45) is 5.73 Å². The average Bonchev–Trinajstić information content (AvgIpc) is 3.29. The largest absolute Gasteiger partial charge is 0.491 e. The van der Waals surface area contributed by atoms with Gasteiger partial charge < -0.3 is 20.2 Å². The molecule has 2 aromatic heterocycles. The Balaban J connectivity index is 1.36. The normalized spacial score (nSPS) is 16.6. The third-order valence-electron chi connectivity index (χ3n) is 6.01. The van der Waals surface area contributed by atoms with E-state index >= 15 is 0 Å². The molecule has 1 aliphatic rings. The molecular weight excluding hydrogens is 523 g/mol. The second-order valence-electron chi connectivity index (χ2n) is 8.43. The Morgan fingerprint density at radius 3 is 2.86 bits per heavy atom. The van der Waals surface area contributed by atoms with E-state index in [-0.39, 0.29) is 42.3 Å². The standard InChI is InChI=1S/C25H22ClFN4O5S/c26-16-3-6-22-20(10-16)24(23(30-22)25(28)32)37(33,34)31-8-9-35-18(13-31)14-36-17-4-5-21(27)19(11-17)15-2-1-7-29-12-15/h1-7,10-12,18,30H,8-9,13-14H2,(H2,28,32).